The number of nitrogens with zero attached hydrogens (tertiary/aromatic N) is 2. The van der Waals surface area contributed by atoms with Gasteiger partial charge in [-0.05, 0) is 6.92 Å². The van der Waals surface area contributed by atoms with Gasteiger partial charge >= 0.3 is 0 Å². The second-order valence-corrected chi connectivity index (χ2v) is 2.64. The lowest BCUT2D eigenvalue weighted by Gasteiger charge is -2.04. The second kappa shape index (κ2) is 3.38. The Morgan fingerprint density at radius 3 is 3.00 bits per heavy atom. The molecule has 1 aromatic rings. The Bertz CT molecular complexity index is 296. The minimum Gasteiger partial charge on any atom is -0.370 e. The molecule has 0 aliphatic carbocycles. The van der Waals surface area contributed by atoms with E-state index in [-0.39, 0.29) is 7.21 Å². The van der Waals surface area contributed by atoms with Crippen LogP contribution < -0.4 is 5.32 Å². The highest BCUT2D eigenvalue weighted by molar-refractivity contribution is 5.96. The fraction of sp³-hybridized carbons (Fsp3) is 0.500. The van der Waals surface area contributed by atoms with Crippen molar-refractivity contribution in [3.05, 3.63) is 12.0 Å². The standard InChI is InChI=1S/C8H13N3O.H2/c1-4-9-8-7(6(2)12)10-5-11(8)3;/h5,9H,4H2,1-3H3;1H. The van der Waals surface area contributed by atoms with E-state index in [1.807, 2.05) is 14.0 Å². The molecule has 1 aromatic heterocycles. The third-order valence-electron chi connectivity index (χ3n) is 1.61. The summed E-state index contributed by atoms with van der Waals surface area (Å²) in [7, 11) is 1.86. The van der Waals surface area contributed by atoms with Crippen LogP contribution in [0.1, 0.15) is 25.8 Å². The van der Waals surface area contributed by atoms with Gasteiger partial charge in [-0.25, -0.2) is 4.98 Å². The van der Waals surface area contributed by atoms with Crippen molar-refractivity contribution in [3.63, 3.8) is 0 Å². The highest BCUT2D eigenvalue weighted by Gasteiger charge is 2.11. The predicted octanol–water partition coefficient (Wildman–Crippen LogP) is 1.30. The zero-order chi connectivity index (χ0) is 9.14. The largest absolute Gasteiger partial charge is 0.370 e. The minimum atomic E-state index is -0.00782. The van der Waals surface area contributed by atoms with Gasteiger partial charge in [0.15, 0.2) is 5.78 Å². The number of carbonyl (C=O) groups excluding carboxylic acids is 1. The van der Waals surface area contributed by atoms with Gasteiger partial charge in [-0.1, -0.05) is 0 Å². The molecule has 4 heteroatoms. The predicted molar refractivity (Wildman–Crippen MR) is 49.5 cm³/mol. The number of Topliss-reactive ketones (excluding diaryl/α,β-unsaturated/α-hetero) is 1. The summed E-state index contributed by atoms with van der Waals surface area (Å²) in [5.74, 6) is 0.788. The van der Waals surface area contributed by atoms with E-state index >= 15 is 0 Å². The van der Waals surface area contributed by atoms with Crippen LogP contribution in [0, 0.1) is 0 Å². The summed E-state index contributed by atoms with van der Waals surface area (Å²) < 4.78 is 1.81. The Balaban J connectivity index is 0.00000144. The minimum absolute atomic E-state index is 0. The lowest BCUT2D eigenvalue weighted by atomic mass is 10.3. The van der Waals surface area contributed by atoms with Gasteiger partial charge in [-0.3, -0.25) is 4.79 Å². The molecule has 0 fully saturated rings. The second-order valence-electron chi connectivity index (χ2n) is 2.64. The summed E-state index contributed by atoms with van der Waals surface area (Å²) in [5.41, 5.74) is 0.513. The number of imidazole rings is 1. The zero-order valence-corrected chi connectivity index (χ0v) is 7.59. The van der Waals surface area contributed by atoms with Crippen LogP contribution in [0.5, 0.6) is 0 Å². The van der Waals surface area contributed by atoms with Crippen molar-refractivity contribution in [3.8, 4) is 0 Å². The van der Waals surface area contributed by atoms with Crippen molar-refractivity contribution in [2.45, 2.75) is 13.8 Å². The van der Waals surface area contributed by atoms with Crippen LogP contribution in [0.3, 0.4) is 0 Å². The van der Waals surface area contributed by atoms with E-state index in [1.54, 1.807) is 10.9 Å². The summed E-state index contributed by atoms with van der Waals surface area (Å²) in [4.78, 5) is 15.0. The van der Waals surface area contributed by atoms with Crippen LogP contribution >= 0.6 is 0 Å². The van der Waals surface area contributed by atoms with E-state index in [2.05, 4.69) is 10.3 Å². The van der Waals surface area contributed by atoms with Crippen molar-refractivity contribution in [1.82, 2.24) is 9.55 Å². The van der Waals surface area contributed by atoms with E-state index in [9.17, 15) is 4.79 Å². The summed E-state index contributed by atoms with van der Waals surface area (Å²) in [6, 6.07) is 0. The fourth-order valence-electron chi connectivity index (χ4n) is 1.06. The molecule has 1 heterocycles. The number of rotatable bonds is 3. The van der Waals surface area contributed by atoms with Crippen molar-refractivity contribution in [2.75, 3.05) is 11.9 Å². The molecule has 0 spiro atoms. The number of hydrogen-bond donors (Lipinski definition) is 1. The molecule has 68 valence electrons. The molecule has 0 saturated heterocycles. The van der Waals surface area contributed by atoms with Gasteiger partial charge in [-0.15, -0.1) is 0 Å². The number of anilines is 1. The Morgan fingerprint density at radius 1 is 1.83 bits per heavy atom. The first-order valence-corrected chi connectivity index (χ1v) is 3.93. The van der Waals surface area contributed by atoms with E-state index in [0.29, 0.717) is 5.69 Å². The van der Waals surface area contributed by atoms with Crippen LogP contribution in [-0.4, -0.2) is 21.9 Å². The van der Waals surface area contributed by atoms with Crippen LogP contribution in [0.4, 0.5) is 5.82 Å². The van der Waals surface area contributed by atoms with Gasteiger partial charge in [0.25, 0.3) is 0 Å². The topological polar surface area (TPSA) is 46.9 Å². The molecule has 0 bridgehead atoms. The third-order valence-corrected chi connectivity index (χ3v) is 1.61. The van der Waals surface area contributed by atoms with E-state index < -0.39 is 0 Å². The van der Waals surface area contributed by atoms with E-state index in [1.165, 1.54) is 6.92 Å². The number of aromatic nitrogens is 2. The molecule has 0 radical (unpaired) electrons. The van der Waals surface area contributed by atoms with Gasteiger partial charge in [0.2, 0.25) is 0 Å². The highest BCUT2D eigenvalue weighted by atomic mass is 16.1. The first-order chi connectivity index (χ1) is 5.66. The van der Waals surface area contributed by atoms with Crippen LogP contribution in [0.2, 0.25) is 0 Å². The summed E-state index contributed by atoms with van der Waals surface area (Å²) >= 11 is 0. The Kier molecular flexibility index (Phi) is 2.47. The maximum absolute atomic E-state index is 11.0. The van der Waals surface area contributed by atoms with Gasteiger partial charge < -0.3 is 9.88 Å². The number of hydrogen-bond acceptors (Lipinski definition) is 3. The maximum atomic E-state index is 11.0. The average Bonchev–Trinajstić information content (AvgIpc) is 2.34. The number of ketones is 1. The van der Waals surface area contributed by atoms with Gasteiger partial charge in [0, 0.05) is 21.9 Å². The van der Waals surface area contributed by atoms with Crippen molar-refractivity contribution in [1.29, 1.82) is 0 Å². The number of aryl methyl sites for hydroxylation is 1. The van der Waals surface area contributed by atoms with Crippen molar-refractivity contribution >= 4 is 11.6 Å². The lowest BCUT2D eigenvalue weighted by molar-refractivity contribution is 0.101. The smallest absolute Gasteiger partial charge is 0.181 e. The molecule has 1 N–H and O–H groups in total. The zero-order valence-electron chi connectivity index (χ0n) is 7.59. The van der Waals surface area contributed by atoms with Crippen LogP contribution in [-0.2, 0) is 7.05 Å². The number of nitrogens with one attached hydrogen (secondary N) is 1. The first-order valence-electron chi connectivity index (χ1n) is 3.93. The normalized spacial score (nSPS) is 9.92. The van der Waals surface area contributed by atoms with Gasteiger partial charge in [0.05, 0.1) is 6.33 Å². The highest BCUT2D eigenvalue weighted by Crippen LogP contribution is 2.12. The molecule has 0 atom stereocenters. The average molecular weight is 169 g/mol. The quantitative estimate of drug-likeness (QED) is 0.694. The summed E-state index contributed by atoms with van der Waals surface area (Å²) in [6.07, 6.45) is 1.63. The molecule has 1 rings (SSSR count). The SMILES string of the molecule is CCNc1c(C(C)=O)ncn1C.[HH]. The molecule has 0 saturated carbocycles. The summed E-state index contributed by atoms with van der Waals surface area (Å²) in [6.45, 7) is 4.29. The molecule has 0 aromatic carbocycles. The molecule has 0 amide bonds. The molecule has 12 heavy (non-hydrogen) atoms. The Labute approximate surface area is 73.1 Å². The Morgan fingerprint density at radius 2 is 2.50 bits per heavy atom. The van der Waals surface area contributed by atoms with Crippen molar-refractivity contribution < 1.29 is 6.22 Å². The van der Waals surface area contributed by atoms with Gasteiger partial charge in [0.1, 0.15) is 11.5 Å². The van der Waals surface area contributed by atoms with E-state index in [0.717, 1.165) is 12.4 Å². The van der Waals surface area contributed by atoms with Crippen LogP contribution in [0.25, 0.3) is 0 Å². The Hall–Kier alpha value is -1.32. The van der Waals surface area contributed by atoms with E-state index in [4.69, 9.17) is 0 Å². The molecular weight excluding hydrogens is 154 g/mol. The molecule has 0 aliphatic heterocycles. The third kappa shape index (κ3) is 1.47. The van der Waals surface area contributed by atoms with Crippen molar-refractivity contribution in [2.24, 2.45) is 7.05 Å². The lowest BCUT2D eigenvalue weighted by Crippen LogP contribution is -2.06. The number of carbonyl (C=O) groups is 1. The maximum Gasteiger partial charge on any atom is 0.181 e. The molecule has 0 aliphatic rings. The first kappa shape index (κ1) is 8.77. The fourth-order valence-corrected chi connectivity index (χ4v) is 1.06. The van der Waals surface area contributed by atoms with Gasteiger partial charge in [-0.2, -0.15) is 0 Å². The monoisotopic (exact) mass is 169 g/mol. The molecule has 4 nitrogen and oxygen atoms in total. The van der Waals surface area contributed by atoms with Crippen LogP contribution in [0.15, 0.2) is 6.33 Å². The molecular formula is C8H15N3O. The summed E-state index contributed by atoms with van der Waals surface area (Å²) in [5, 5.41) is 3.09. The molecule has 0 unspecified atom stereocenters.